The number of hydrogen-bond donors (Lipinski definition) is 2. The van der Waals surface area contributed by atoms with Crippen LogP contribution in [0.2, 0.25) is 10.0 Å². The average Bonchev–Trinajstić information content (AvgIpc) is 2.57. The van der Waals surface area contributed by atoms with E-state index in [9.17, 15) is 17.6 Å². The molecular weight excluding hydrogens is 410 g/mol. The molecule has 0 fully saturated rings. The number of methoxy groups -OCH3 is 1. The highest BCUT2D eigenvalue weighted by molar-refractivity contribution is 7.88. The third-order valence-electron chi connectivity index (χ3n) is 3.11. The molecule has 0 aliphatic rings. The van der Waals surface area contributed by atoms with Crippen LogP contribution in [0.4, 0.5) is 4.39 Å². The molecule has 2 aromatic rings. The van der Waals surface area contributed by atoms with Gasteiger partial charge in [-0.2, -0.15) is 8.42 Å². The summed E-state index contributed by atoms with van der Waals surface area (Å²) >= 11 is 12.0. The largest absolute Gasteiger partial charge is 0.495 e. The lowest BCUT2D eigenvalue weighted by molar-refractivity contribution is 0.0977. The van der Waals surface area contributed by atoms with Crippen LogP contribution in [-0.4, -0.2) is 28.5 Å². The molecule has 0 unspecified atom stereocenters. The normalized spacial score (nSPS) is 11.1. The van der Waals surface area contributed by atoms with Crippen molar-refractivity contribution >= 4 is 39.3 Å². The Morgan fingerprint density at radius 1 is 1.12 bits per heavy atom. The first-order valence-corrected chi connectivity index (χ1v) is 9.17. The van der Waals surface area contributed by atoms with Crippen LogP contribution >= 0.6 is 23.2 Å². The molecule has 0 spiro atoms. The molecular formula is C15H13Cl2FN2O5S. The molecule has 0 saturated carbocycles. The topological polar surface area (TPSA) is 93.7 Å². The smallest absolute Gasteiger partial charge is 0.301 e. The number of ether oxygens (including phenoxy) is 2. The van der Waals surface area contributed by atoms with Crippen molar-refractivity contribution in [3.05, 3.63) is 51.8 Å². The Hall–Kier alpha value is -2.07. The van der Waals surface area contributed by atoms with Crippen molar-refractivity contribution in [2.24, 2.45) is 0 Å². The van der Waals surface area contributed by atoms with Crippen LogP contribution in [0, 0.1) is 5.82 Å². The molecule has 2 aromatic carbocycles. The van der Waals surface area contributed by atoms with Gasteiger partial charge in [-0.05, 0) is 18.2 Å². The minimum Gasteiger partial charge on any atom is -0.495 e. The second-order valence-electron chi connectivity index (χ2n) is 4.80. The number of carbonyl (C=O) groups is 1. The van der Waals surface area contributed by atoms with Gasteiger partial charge in [0.1, 0.15) is 23.1 Å². The summed E-state index contributed by atoms with van der Waals surface area (Å²) in [5.74, 6) is -1.61. The van der Waals surface area contributed by atoms with Gasteiger partial charge in [-0.25, -0.2) is 13.8 Å². The number of rotatable bonds is 6. The lowest BCUT2D eigenvalue weighted by Gasteiger charge is -2.12. The fourth-order valence-electron chi connectivity index (χ4n) is 1.85. The molecule has 26 heavy (non-hydrogen) atoms. The highest BCUT2D eigenvalue weighted by Gasteiger charge is 2.20. The molecule has 0 aliphatic heterocycles. The van der Waals surface area contributed by atoms with E-state index in [0.717, 1.165) is 19.2 Å². The summed E-state index contributed by atoms with van der Waals surface area (Å²) < 4.78 is 50.8. The number of halogens is 3. The van der Waals surface area contributed by atoms with Crippen LogP contribution in [0.1, 0.15) is 10.4 Å². The first-order chi connectivity index (χ1) is 12.2. The zero-order chi connectivity index (χ0) is 19.5. The van der Waals surface area contributed by atoms with Crippen LogP contribution in [-0.2, 0) is 10.2 Å². The van der Waals surface area contributed by atoms with Crippen molar-refractivity contribution in [2.75, 3.05) is 14.2 Å². The van der Waals surface area contributed by atoms with Crippen molar-refractivity contribution in [1.82, 2.24) is 9.44 Å². The van der Waals surface area contributed by atoms with E-state index in [0.29, 0.717) is 5.75 Å². The molecule has 0 heterocycles. The Morgan fingerprint density at radius 3 is 2.35 bits per heavy atom. The van der Waals surface area contributed by atoms with Crippen LogP contribution in [0.5, 0.6) is 17.2 Å². The molecule has 140 valence electrons. The predicted molar refractivity (Wildman–Crippen MR) is 94.9 cm³/mol. The van der Waals surface area contributed by atoms with Crippen LogP contribution < -0.4 is 18.9 Å². The molecule has 0 aromatic heterocycles. The van der Waals surface area contributed by atoms with E-state index >= 15 is 0 Å². The van der Waals surface area contributed by atoms with Gasteiger partial charge in [-0.3, -0.25) is 4.79 Å². The summed E-state index contributed by atoms with van der Waals surface area (Å²) in [6.07, 6.45) is 0. The summed E-state index contributed by atoms with van der Waals surface area (Å²) in [5.41, 5.74) is -0.561. The van der Waals surface area contributed by atoms with E-state index in [1.165, 1.54) is 19.2 Å². The predicted octanol–water partition coefficient (Wildman–Crippen LogP) is 3.13. The summed E-state index contributed by atoms with van der Waals surface area (Å²) in [5, 5.41) is 0.167. The van der Waals surface area contributed by atoms with Crippen LogP contribution in [0.25, 0.3) is 0 Å². The molecule has 0 atom stereocenters. The standard InChI is InChI=1S/C15H13Cl2FN2O5S/c1-19-26(22,23)20-15(21)9-6-11(17)14(7-12(9)18)25-8-3-4-13(24-2)10(16)5-8/h3-7,19H,1-2H3,(H,20,21). The van der Waals surface area contributed by atoms with Crippen molar-refractivity contribution < 1.29 is 27.1 Å². The van der Waals surface area contributed by atoms with Crippen LogP contribution in [0.15, 0.2) is 30.3 Å². The third kappa shape index (κ3) is 4.76. The average molecular weight is 423 g/mol. The lowest BCUT2D eigenvalue weighted by Crippen LogP contribution is -2.38. The van der Waals surface area contributed by atoms with E-state index in [2.05, 4.69) is 0 Å². The fourth-order valence-corrected chi connectivity index (χ4v) is 2.75. The molecule has 0 bridgehead atoms. The summed E-state index contributed by atoms with van der Waals surface area (Å²) in [6, 6.07) is 6.33. The molecule has 2 N–H and O–H groups in total. The zero-order valence-electron chi connectivity index (χ0n) is 13.5. The number of nitrogens with one attached hydrogen (secondary N) is 2. The maximum absolute atomic E-state index is 14.2. The second-order valence-corrected chi connectivity index (χ2v) is 7.23. The SMILES string of the molecule is CNS(=O)(=O)NC(=O)c1cc(Cl)c(Oc2ccc(OC)c(Cl)c2)cc1F. The van der Waals surface area contributed by atoms with Gasteiger partial charge in [0, 0.05) is 19.2 Å². The van der Waals surface area contributed by atoms with Gasteiger partial charge in [0.25, 0.3) is 5.91 Å². The van der Waals surface area contributed by atoms with Crippen molar-refractivity contribution in [3.63, 3.8) is 0 Å². The maximum atomic E-state index is 14.2. The van der Waals surface area contributed by atoms with Gasteiger partial charge < -0.3 is 9.47 Å². The molecule has 0 aliphatic carbocycles. The highest BCUT2D eigenvalue weighted by Crippen LogP contribution is 2.35. The minimum atomic E-state index is -4.08. The van der Waals surface area contributed by atoms with Gasteiger partial charge in [0.2, 0.25) is 0 Å². The van der Waals surface area contributed by atoms with Gasteiger partial charge >= 0.3 is 10.2 Å². The van der Waals surface area contributed by atoms with Crippen LogP contribution in [0.3, 0.4) is 0 Å². The minimum absolute atomic E-state index is 0.0848. The fraction of sp³-hybridized carbons (Fsp3) is 0.133. The molecule has 2 rings (SSSR count). The summed E-state index contributed by atoms with van der Waals surface area (Å²) in [7, 11) is -1.54. The molecule has 1 amide bonds. The monoisotopic (exact) mass is 422 g/mol. The van der Waals surface area contributed by atoms with Gasteiger partial charge in [-0.1, -0.05) is 23.2 Å². The van der Waals surface area contributed by atoms with E-state index in [1.807, 2.05) is 4.72 Å². The maximum Gasteiger partial charge on any atom is 0.301 e. The highest BCUT2D eigenvalue weighted by atomic mass is 35.5. The Morgan fingerprint density at radius 2 is 1.77 bits per heavy atom. The van der Waals surface area contributed by atoms with Gasteiger partial charge in [0.05, 0.1) is 22.7 Å². The molecule has 0 saturated heterocycles. The van der Waals surface area contributed by atoms with E-state index in [-0.39, 0.29) is 21.5 Å². The number of amides is 1. The van der Waals surface area contributed by atoms with E-state index < -0.39 is 27.5 Å². The Bertz CT molecular complexity index is 953. The molecule has 0 radical (unpaired) electrons. The molecule has 11 heteroatoms. The van der Waals surface area contributed by atoms with Gasteiger partial charge in [0.15, 0.2) is 0 Å². The Balaban J connectivity index is 2.29. The number of carbonyl (C=O) groups excluding carboxylic acids is 1. The first kappa shape index (κ1) is 20.2. The first-order valence-electron chi connectivity index (χ1n) is 6.93. The van der Waals surface area contributed by atoms with E-state index in [1.54, 1.807) is 10.8 Å². The summed E-state index contributed by atoms with van der Waals surface area (Å²) in [6.45, 7) is 0. The lowest BCUT2D eigenvalue weighted by atomic mass is 10.2. The summed E-state index contributed by atoms with van der Waals surface area (Å²) in [4.78, 5) is 11.9. The zero-order valence-corrected chi connectivity index (χ0v) is 15.8. The van der Waals surface area contributed by atoms with Crippen molar-refractivity contribution in [2.45, 2.75) is 0 Å². The Kier molecular flexibility index (Phi) is 6.30. The van der Waals surface area contributed by atoms with Crippen molar-refractivity contribution in [3.8, 4) is 17.2 Å². The number of hydrogen-bond acceptors (Lipinski definition) is 5. The van der Waals surface area contributed by atoms with E-state index in [4.69, 9.17) is 32.7 Å². The second kappa shape index (κ2) is 8.09. The Labute approximate surface area is 159 Å². The third-order valence-corrected chi connectivity index (χ3v) is 4.70. The van der Waals surface area contributed by atoms with Gasteiger partial charge in [-0.15, -0.1) is 0 Å². The number of benzene rings is 2. The molecule has 7 nitrogen and oxygen atoms in total. The quantitative estimate of drug-likeness (QED) is 0.745. The van der Waals surface area contributed by atoms with Crippen molar-refractivity contribution in [1.29, 1.82) is 0 Å².